The minimum absolute atomic E-state index is 0.0429. The van der Waals surface area contributed by atoms with Crippen molar-refractivity contribution in [1.29, 1.82) is 5.26 Å². The van der Waals surface area contributed by atoms with Crippen molar-refractivity contribution in [3.05, 3.63) is 11.6 Å². The maximum Gasteiger partial charge on any atom is 0.643 e. The summed E-state index contributed by atoms with van der Waals surface area (Å²) in [5, 5.41) is 8.82. The second kappa shape index (κ2) is 6.29. The third-order valence-corrected chi connectivity index (χ3v) is 1.56. The van der Waals surface area contributed by atoms with Crippen LogP contribution in [-0.4, -0.2) is 11.5 Å². The lowest BCUT2D eigenvalue weighted by Crippen LogP contribution is -2.94. The minimum Gasteiger partial charge on any atom is -0.193 e. The van der Waals surface area contributed by atoms with E-state index < -0.39 is 0 Å². The van der Waals surface area contributed by atoms with Crippen LogP contribution in [0.15, 0.2) is 11.6 Å². The van der Waals surface area contributed by atoms with E-state index in [0.717, 1.165) is 0 Å². The molecular weight excluding hydrogens is 204 g/mol. The molecule has 0 atom stereocenters. The number of allylic oxidation sites excluding steroid dienone is 1. The number of hydrogen-bond acceptors (Lipinski definition) is 3. The Hall–Kier alpha value is -1.34. The number of nitriles is 1. The summed E-state index contributed by atoms with van der Waals surface area (Å²) in [5.41, 5.74) is 1.80. The van der Waals surface area contributed by atoms with Crippen LogP contribution in [0.25, 0.3) is 0 Å². The quantitative estimate of drug-likeness (QED) is 0.445. The van der Waals surface area contributed by atoms with Crippen LogP contribution in [0.1, 0.15) is 41.0 Å². The summed E-state index contributed by atoms with van der Waals surface area (Å²) in [6.45, 7) is 9.74. The first-order chi connectivity index (χ1) is 7.24. The van der Waals surface area contributed by atoms with Crippen molar-refractivity contribution < 1.29 is 15.1 Å². The van der Waals surface area contributed by atoms with Crippen molar-refractivity contribution in [3.63, 3.8) is 0 Å². The van der Waals surface area contributed by atoms with Crippen LogP contribution in [0.5, 0.6) is 0 Å². The number of nitrogens with zero attached hydrogens (tertiary/aromatic N) is 1. The molecule has 0 aromatic heterocycles. The first-order valence-corrected chi connectivity index (χ1v) is 5.39. The highest BCUT2D eigenvalue weighted by atomic mass is 16.7. The fourth-order valence-corrected chi connectivity index (χ4v) is 0.978. The number of carbonyl (C=O) groups is 1. The molecule has 1 radical (unpaired) electrons. The zero-order valence-corrected chi connectivity index (χ0v) is 10.7. The lowest BCUT2D eigenvalue weighted by Gasteiger charge is -2.07. The van der Waals surface area contributed by atoms with E-state index in [1.54, 1.807) is 6.08 Å². The lowest BCUT2D eigenvalue weighted by atomic mass is 10.1. The number of quaternary nitrogens is 1. The Bertz CT molecular complexity index is 306. The molecule has 0 unspecified atom stereocenters. The highest BCUT2D eigenvalue weighted by Crippen LogP contribution is 2.06. The fraction of sp³-hybridized carbons (Fsp3) is 0.667. The van der Waals surface area contributed by atoms with E-state index in [4.69, 9.17) is 10.1 Å². The molecule has 0 amide bonds. The Balaban J connectivity index is 4.19. The maximum atomic E-state index is 11.4. The van der Waals surface area contributed by atoms with Gasteiger partial charge in [0, 0.05) is 5.57 Å². The summed E-state index contributed by atoms with van der Waals surface area (Å²) in [6, 6.07) is 2.01. The molecule has 0 rings (SSSR count). The molecule has 2 N–H and O–H groups in total. The second-order valence-electron chi connectivity index (χ2n) is 5.20. The SMILES string of the molecule is CC(C)/C=C(\C#N)CC(=[O+])O[NH2+]C(C)(C)C. The zero-order valence-electron chi connectivity index (χ0n) is 10.7. The molecule has 0 aliphatic rings. The molecule has 0 aromatic carbocycles. The number of rotatable bonds is 4. The van der Waals surface area contributed by atoms with Gasteiger partial charge in [-0.15, -0.1) is 0 Å². The van der Waals surface area contributed by atoms with Crippen molar-refractivity contribution >= 4 is 5.97 Å². The van der Waals surface area contributed by atoms with Crippen molar-refractivity contribution in [1.82, 2.24) is 0 Å². The summed E-state index contributed by atoms with van der Waals surface area (Å²) in [7, 11) is 0. The number of hydroxylamine groups is 1. The number of nitrogens with two attached hydrogens (primary N) is 1. The van der Waals surface area contributed by atoms with E-state index in [1.165, 1.54) is 5.48 Å². The first-order valence-electron chi connectivity index (χ1n) is 5.39. The molecule has 0 saturated heterocycles. The molecule has 0 aliphatic heterocycles. The Labute approximate surface area is 97.2 Å². The van der Waals surface area contributed by atoms with Gasteiger partial charge in [-0.25, -0.2) is 0 Å². The number of carbonyl (C=O) groups excluding carboxylic acids is 1. The summed E-state index contributed by atoms with van der Waals surface area (Å²) in [6.07, 6.45) is 1.82. The van der Waals surface area contributed by atoms with Gasteiger partial charge in [-0.2, -0.15) is 5.26 Å². The van der Waals surface area contributed by atoms with Crippen molar-refractivity contribution in [2.24, 2.45) is 5.92 Å². The zero-order chi connectivity index (χ0) is 12.8. The predicted octanol–water partition coefficient (Wildman–Crippen LogP) is 1.30. The Morgan fingerprint density at radius 1 is 1.50 bits per heavy atom. The molecule has 0 aromatic rings. The van der Waals surface area contributed by atoms with Crippen molar-refractivity contribution in [2.75, 3.05) is 0 Å². The van der Waals surface area contributed by atoms with Crippen LogP contribution in [0, 0.1) is 17.2 Å². The van der Waals surface area contributed by atoms with E-state index in [0.29, 0.717) is 5.57 Å². The molecule has 0 saturated carbocycles. The molecule has 0 spiro atoms. The van der Waals surface area contributed by atoms with Crippen molar-refractivity contribution in [2.45, 2.75) is 46.6 Å². The summed E-state index contributed by atoms with van der Waals surface area (Å²) < 4.78 is 0. The van der Waals surface area contributed by atoms with E-state index >= 15 is 0 Å². The monoisotopic (exact) mass is 225 g/mol. The fourth-order valence-electron chi connectivity index (χ4n) is 0.978. The second-order valence-corrected chi connectivity index (χ2v) is 5.20. The van der Waals surface area contributed by atoms with Crippen molar-refractivity contribution in [3.8, 4) is 6.07 Å². The van der Waals surface area contributed by atoms with Crippen LogP contribution in [0.4, 0.5) is 0 Å². The summed E-state index contributed by atoms with van der Waals surface area (Å²) in [5.74, 6) is -0.127. The lowest BCUT2D eigenvalue weighted by molar-refractivity contribution is -0.915. The molecular formula is C12H21N2O2+2. The predicted molar refractivity (Wildman–Crippen MR) is 60.9 cm³/mol. The molecule has 16 heavy (non-hydrogen) atoms. The number of hydrogen-bond donors (Lipinski definition) is 1. The van der Waals surface area contributed by atoms with Crippen LogP contribution in [-0.2, 0) is 9.63 Å². The van der Waals surface area contributed by atoms with Gasteiger partial charge in [-0.3, -0.25) is 0 Å². The standard InChI is InChI=1S/C12H20N2O2/c1-9(2)6-10(8-13)7-11(15)16-14-12(3,4)5/h6,9,14H,7H2,1-5H3/q+1/p+1/b10-6-. The van der Waals surface area contributed by atoms with E-state index in [2.05, 4.69) is 0 Å². The topological polar surface area (TPSA) is 69.5 Å². The van der Waals surface area contributed by atoms with Gasteiger partial charge in [0.1, 0.15) is 5.54 Å². The van der Waals surface area contributed by atoms with Gasteiger partial charge in [0.25, 0.3) is 0 Å². The van der Waals surface area contributed by atoms with Crippen LogP contribution >= 0.6 is 0 Å². The highest BCUT2D eigenvalue weighted by Gasteiger charge is 2.28. The molecule has 0 heterocycles. The van der Waals surface area contributed by atoms with Gasteiger partial charge < -0.3 is 0 Å². The normalized spacial score (nSPS) is 12.4. The Kier molecular flexibility index (Phi) is 5.76. The van der Waals surface area contributed by atoms with Gasteiger partial charge in [0.15, 0.2) is 6.42 Å². The van der Waals surface area contributed by atoms with Gasteiger partial charge in [0.05, 0.1) is 10.9 Å². The van der Waals surface area contributed by atoms with Gasteiger partial charge in [-0.1, -0.05) is 30.2 Å². The third kappa shape index (κ3) is 8.01. The molecule has 0 fully saturated rings. The largest absolute Gasteiger partial charge is 0.643 e. The van der Waals surface area contributed by atoms with Gasteiger partial charge >= 0.3 is 5.97 Å². The van der Waals surface area contributed by atoms with E-state index in [1.807, 2.05) is 40.7 Å². The molecule has 0 aliphatic carbocycles. The average molecular weight is 225 g/mol. The van der Waals surface area contributed by atoms with Gasteiger partial charge in [-0.05, 0) is 26.7 Å². The minimum atomic E-state index is -0.386. The summed E-state index contributed by atoms with van der Waals surface area (Å²) >= 11 is 0. The highest BCUT2D eigenvalue weighted by molar-refractivity contribution is 5.72. The Morgan fingerprint density at radius 2 is 2.06 bits per heavy atom. The van der Waals surface area contributed by atoms with E-state index in [-0.39, 0.29) is 23.8 Å². The molecule has 4 heteroatoms. The molecule has 0 bridgehead atoms. The first kappa shape index (κ1) is 14.7. The average Bonchev–Trinajstić information content (AvgIpc) is 2.12. The summed E-state index contributed by atoms with van der Waals surface area (Å²) in [4.78, 5) is 16.4. The molecule has 4 nitrogen and oxygen atoms in total. The van der Waals surface area contributed by atoms with Crippen LogP contribution in [0.2, 0.25) is 0 Å². The van der Waals surface area contributed by atoms with E-state index in [9.17, 15) is 4.79 Å². The third-order valence-electron chi connectivity index (χ3n) is 1.56. The smallest absolute Gasteiger partial charge is 0.193 e. The van der Waals surface area contributed by atoms with Crippen LogP contribution < -0.4 is 5.48 Å². The van der Waals surface area contributed by atoms with Crippen LogP contribution in [0.3, 0.4) is 0 Å². The van der Waals surface area contributed by atoms with Gasteiger partial charge in [0.2, 0.25) is 0 Å². The Morgan fingerprint density at radius 3 is 2.44 bits per heavy atom. The maximum absolute atomic E-state index is 11.4. The molecule has 89 valence electrons.